The Morgan fingerprint density at radius 2 is 2.43 bits per heavy atom. The van der Waals surface area contributed by atoms with Crippen molar-refractivity contribution in [2.75, 3.05) is 13.7 Å². The van der Waals surface area contributed by atoms with Gasteiger partial charge in [-0.15, -0.1) is 10.2 Å². The molecule has 0 bridgehead atoms. The SMILES string of the molecule is COCCn1cnnc1C(C)C1CC1. The van der Waals surface area contributed by atoms with Crippen LogP contribution < -0.4 is 0 Å². The lowest BCUT2D eigenvalue weighted by molar-refractivity contribution is 0.185. The van der Waals surface area contributed by atoms with Crippen LogP contribution in [-0.2, 0) is 11.3 Å². The predicted octanol–water partition coefficient (Wildman–Crippen LogP) is 1.44. The Hall–Kier alpha value is -0.900. The minimum Gasteiger partial charge on any atom is -0.383 e. The van der Waals surface area contributed by atoms with Crippen molar-refractivity contribution in [3.63, 3.8) is 0 Å². The van der Waals surface area contributed by atoms with Gasteiger partial charge in [0, 0.05) is 19.6 Å². The monoisotopic (exact) mass is 195 g/mol. The van der Waals surface area contributed by atoms with Crippen LogP contribution in [0.15, 0.2) is 6.33 Å². The van der Waals surface area contributed by atoms with Crippen LogP contribution in [0, 0.1) is 5.92 Å². The molecule has 0 spiro atoms. The average molecular weight is 195 g/mol. The van der Waals surface area contributed by atoms with Gasteiger partial charge in [-0.3, -0.25) is 0 Å². The Morgan fingerprint density at radius 1 is 1.64 bits per heavy atom. The van der Waals surface area contributed by atoms with Gasteiger partial charge in [0.15, 0.2) is 0 Å². The first-order chi connectivity index (χ1) is 6.83. The van der Waals surface area contributed by atoms with Crippen molar-refractivity contribution in [1.82, 2.24) is 14.8 Å². The molecule has 0 radical (unpaired) electrons. The molecule has 0 aliphatic heterocycles. The molecule has 1 aromatic heterocycles. The van der Waals surface area contributed by atoms with E-state index in [0.717, 1.165) is 24.9 Å². The maximum Gasteiger partial charge on any atom is 0.135 e. The summed E-state index contributed by atoms with van der Waals surface area (Å²) in [5.41, 5.74) is 0. The Morgan fingerprint density at radius 3 is 3.07 bits per heavy atom. The predicted molar refractivity (Wildman–Crippen MR) is 53.0 cm³/mol. The molecule has 0 N–H and O–H groups in total. The van der Waals surface area contributed by atoms with Crippen LogP contribution in [0.5, 0.6) is 0 Å². The minimum absolute atomic E-state index is 0.550. The summed E-state index contributed by atoms with van der Waals surface area (Å²) in [5.74, 6) is 2.50. The van der Waals surface area contributed by atoms with E-state index < -0.39 is 0 Å². The number of rotatable bonds is 5. The second-order valence-electron chi connectivity index (χ2n) is 4.00. The second-order valence-corrected chi connectivity index (χ2v) is 4.00. The first kappa shape index (κ1) is 9.65. The van der Waals surface area contributed by atoms with Crippen molar-refractivity contribution >= 4 is 0 Å². The second kappa shape index (κ2) is 4.09. The van der Waals surface area contributed by atoms with E-state index in [1.165, 1.54) is 12.8 Å². The Kier molecular flexibility index (Phi) is 2.82. The number of methoxy groups -OCH3 is 1. The normalized spacial score (nSPS) is 18.4. The van der Waals surface area contributed by atoms with Crippen molar-refractivity contribution in [1.29, 1.82) is 0 Å². The van der Waals surface area contributed by atoms with Crippen molar-refractivity contribution in [2.45, 2.75) is 32.2 Å². The van der Waals surface area contributed by atoms with Gasteiger partial charge in [0.2, 0.25) is 0 Å². The lowest BCUT2D eigenvalue weighted by Crippen LogP contribution is -2.11. The largest absolute Gasteiger partial charge is 0.383 e. The van der Waals surface area contributed by atoms with E-state index in [4.69, 9.17) is 4.74 Å². The maximum atomic E-state index is 5.05. The van der Waals surface area contributed by atoms with Crippen LogP contribution in [0.3, 0.4) is 0 Å². The number of aromatic nitrogens is 3. The molecule has 1 saturated carbocycles. The third-order valence-electron chi connectivity index (χ3n) is 2.92. The molecule has 1 aliphatic rings. The molecule has 0 saturated heterocycles. The zero-order valence-corrected chi connectivity index (χ0v) is 8.81. The average Bonchev–Trinajstić information content (AvgIpc) is 2.93. The number of hydrogen-bond acceptors (Lipinski definition) is 3. The van der Waals surface area contributed by atoms with E-state index in [2.05, 4.69) is 21.7 Å². The molecule has 1 aromatic rings. The fourth-order valence-corrected chi connectivity index (χ4v) is 1.79. The Labute approximate surface area is 84.3 Å². The number of hydrogen-bond donors (Lipinski definition) is 0. The number of ether oxygens (including phenoxy) is 1. The van der Waals surface area contributed by atoms with E-state index in [1.807, 2.05) is 0 Å². The zero-order valence-electron chi connectivity index (χ0n) is 8.81. The Balaban J connectivity index is 2.03. The molecule has 1 unspecified atom stereocenters. The summed E-state index contributed by atoms with van der Waals surface area (Å²) in [5, 5.41) is 8.15. The first-order valence-corrected chi connectivity index (χ1v) is 5.19. The highest BCUT2D eigenvalue weighted by atomic mass is 16.5. The van der Waals surface area contributed by atoms with Crippen LogP contribution in [-0.4, -0.2) is 28.5 Å². The fraction of sp³-hybridized carbons (Fsp3) is 0.800. The van der Waals surface area contributed by atoms with Crippen LogP contribution in [0.1, 0.15) is 31.5 Å². The van der Waals surface area contributed by atoms with Gasteiger partial charge in [-0.1, -0.05) is 6.92 Å². The highest BCUT2D eigenvalue weighted by Crippen LogP contribution is 2.41. The summed E-state index contributed by atoms with van der Waals surface area (Å²) in [7, 11) is 1.72. The summed E-state index contributed by atoms with van der Waals surface area (Å²) in [6.45, 7) is 3.82. The van der Waals surface area contributed by atoms with E-state index in [-0.39, 0.29) is 0 Å². The highest BCUT2D eigenvalue weighted by Gasteiger charge is 2.31. The molecule has 1 aliphatic carbocycles. The van der Waals surface area contributed by atoms with Crippen molar-refractivity contribution in [2.24, 2.45) is 5.92 Å². The molecule has 0 aromatic carbocycles. The van der Waals surface area contributed by atoms with Gasteiger partial charge in [-0.2, -0.15) is 0 Å². The zero-order chi connectivity index (χ0) is 9.97. The van der Waals surface area contributed by atoms with Crippen molar-refractivity contribution < 1.29 is 4.74 Å². The molecule has 1 fully saturated rings. The quantitative estimate of drug-likeness (QED) is 0.713. The molecule has 4 heteroatoms. The smallest absolute Gasteiger partial charge is 0.135 e. The highest BCUT2D eigenvalue weighted by molar-refractivity contribution is 5.01. The van der Waals surface area contributed by atoms with Crippen molar-refractivity contribution in [3.05, 3.63) is 12.2 Å². The molecule has 0 amide bonds. The number of nitrogens with zero attached hydrogens (tertiary/aromatic N) is 3. The van der Waals surface area contributed by atoms with E-state index in [1.54, 1.807) is 13.4 Å². The lowest BCUT2D eigenvalue weighted by atomic mass is 10.1. The molecule has 14 heavy (non-hydrogen) atoms. The fourth-order valence-electron chi connectivity index (χ4n) is 1.79. The molecule has 4 nitrogen and oxygen atoms in total. The van der Waals surface area contributed by atoms with E-state index in [9.17, 15) is 0 Å². The summed E-state index contributed by atoms with van der Waals surface area (Å²) >= 11 is 0. The van der Waals surface area contributed by atoms with Crippen LogP contribution in [0.2, 0.25) is 0 Å². The van der Waals surface area contributed by atoms with Crippen LogP contribution in [0.4, 0.5) is 0 Å². The standard InChI is InChI=1S/C10H17N3O/c1-8(9-3-4-9)10-12-11-7-13(10)5-6-14-2/h7-9H,3-6H2,1-2H3. The molecular formula is C10H17N3O. The minimum atomic E-state index is 0.550. The summed E-state index contributed by atoms with van der Waals surface area (Å²) in [6, 6.07) is 0. The van der Waals surface area contributed by atoms with Gasteiger partial charge in [-0.25, -0.2) is 0 Å². The van der Waals surface area contributed by atoms with Crippen molar-refractivity contribution in [3.8, 4) is 0 Å². The van der Waals surface area contributed by atoms with E-state index in [0.29, 0.717) is 5.92 Å². The summed E-state index contributed by atoms with van der Waals surface area (Å²) < 4.78 is 7.15. The van der Waals surface area contributed by atoms with Crippen LogP contribution >= 0.6 is 0 Å². The maximum absolute atomic E-state index is 5.05. The first-order valence-electron chi connectivity index (χ1n) is 5.19. The third kappa shape index (κ3) is 1.95. The van der Waals surface area contributed by atoms with Gasteiger partial charge in [0.1, 0.15) is 12.2 Å². The lowest BCUT2D eigenvalue weighted by Gasteiger charge is -2.11. The summed E-state index contributed by atoms with van der Waals surface area (Å²) in [4.78, 5) is 0. The van der Waals surface area contributed by atoms with Gasteiger partial charge in [0.25, 0.3) is 0 Å². The molecule has 1 atom stereocenters. The van der Waals surface area contributed by atoms with Crippen LogP contribution in [0.25, 0.3) is 0 Å². The van der Waals surface area contributed by atoms with Gasteiger partial charge >= 0.3 is 0 Å². The third-order valence-corrected chi connectivity index (χ3v) is 2.92. The van der Waals surface area contributed by atoms with Gasteiger partial charge in [0.05, 0.1) is 6.61 Å². The molecular weight excluding hydrogens is 178 g/mol. The van der Waals surface area contributed by atoms with Gasteiger partial charge in [-0.05, 0) is 18.8 Å². The van der Waals surface area contributed by atoms with Gasteiger partial charge < -0.3 is 9.30 Å². The summed E-state index contributed by atoms with van der Waals surface area (Å²) in [6.07, 6.45) is 4.49. The molecule has 78 valence electrons. The topological polar surface area (TPSA) is 39.9 Å². The van der Waals surface area contributed by atoms with E-state index >= 15 is 0 Å². The Bertz CT molecular complexity index is 293. The molecule has 2 rings (SSSR count). The molecule has 1 heterocycles.